The number of rotatable bonds is 7. The third-order valence-corrected chi connectivity index (χ3v) is 7.56. The van der Waals surface area contributed by atoms with Gasteiger partial charge in [0.05, 0.1) is 26.7 Å². The van der Waals surface area contributed by atoms with Gasteiger partial charge in [0.1, 0.15) is 6.04 Å². The van der Waals surface area contributed by atoms with Crippen LogP contribution in [0, 0.1) is 0 Å². The molecule has 0 radical (unpaired) electrons. The molecule has 202 valence electrons. The molecule has 9 heteroatoms. The molecular weight excluding hydrogens is 549 g/mol. The van der Waals surface area contributed by atoms with Gasteiger partial charge in [-0.25, -0.2) is 4.79 Å². The Morgan fingerprint density at radius 1 is 0.950 bits per heavy atom. The Morgan fingerprint density at radius 2 is 1.68 bits per heavy atom. The van der Waals surface area contributed by atoms with E-state index in [1.54, 1.807) is 18.3 Å². The van der Waals surface area contributed by atoms with Gasteiger partial charge in [-0.2, -0.15) is 0 Å². The van der Waals surface area contributed by atoms with Crippen molar-refractivity contribution in [2.24, 2.45) is 0 Å². The van der Waals surface area contributed by atoms with Crippen molar-refractivity contribution in [3.05, 3.63) is 117 Å². The van der Waals surface area contributed by atoms with Gasteiger partial charge in [0.25, 0.3) is 11.8 Å². The number of carboxylic acids is 1. The van der Waals surface area contributed by atoms with Gasteiger partial charge in [-0.15, -0.1) is 0 Å². The molecule has 1 atom stereocenters. The molecule has 40 heavy (non-hydrogen) atoms. The lowest BCUT2D eigenvalue weighted by Crippen LogP contribution is -2.42. The molecule has 0 saturated carbocycles. The Balaban J connectivity index is 1.24. The minimum absolute atomic E-state index is 0.0240. The van der Waals surface area contributed by atoms with Crippen LogP contribution < -0.4 is 5.32 Å². The molecule has 4 aromatic rings. The summed E-state index contributed by atoms with van der Waals surface area (Å²) in [5.41, 5.74) is 4.35. The smallest absolute Gasteiger partial charge is 0.326 e. The van der Waals surface area contributed by atoms with E-state index < -0.39 is 17.9 Å². The molecule has 2 heterocycles. The first-order valence-corrected chi connectivity index (χ1v) is 13.5. The maximum absolute atomic E-state index is 13.2. The number of aromatic nitrogens is 1. The Morgan fingerprint density at radius 3 is 2.35 bits per heavy atom. The molecule has 0 fully saturated rings. The first-order valence-electron chi connectivity index (χ1n) is 12.7. The van der Waals surface area contributed by atoms with E-state index in [0.29, 0.717) is 25.1 Å². The predicted octanol–water partition coefficient (Wildman–Crippen LogP) is 5.90. The Kier molecular flexibility index (Phi) is 8.14. The second kappa shape index (κ2) is 11.9. The molecule has 3 aromatic carbocycles. The number of halogens is 2. The summed E-state index contributed by atoms with van der Waals surface area (Å²) in [5.74, 6) is -1.84. The summed E-state index contributed by atoms with van der Waals surface area (Å²) in [6, 6.07) is 20.4. The summed E-state index contributed by atoms with van der Waals surface area (Å²) in [6.45, 7) is 1.07. The zero-order valence-corrected chi connectivity index (χ0v) is 22.8. The van der Waals surface area contributed by atoms with Gasteiger partial charge in [0.2, 0.25) is 0 Å². The Hall–Kier alpha value is -4.20. The average Bonchev–Trinajstić information content (AvgIpc) is 2.96. The molecule has 0 saturated heterocycles. The molecule has 7 nitrogen and oxygen atoms in total. The molecule has 2 N–H and O–H groups in total. The van der Waals surface area contributed by atoms with Crippen molar-refractivity contribution in [3.8, 4) is 0 Å². The summed E-state index contributed by atoms with van der Waals surface area (Å²) < 4.78 is 0. The maximum atomic E-state index is 13.2. The molecule has 2 amide bonds. The number of pyridine rings is 1. The van der Waals surface area contributed by atoms with E-state index in [2.05, 4.69) is 10.3 Å². The van der Waals surface area contributed by atoms with Crippen molar-refractivity contribution in [2.75, 3.05) is 13.1 Å². The van der Waals surface area contributed by atoms with Gasteiger partial charge in [0, 0.05) is 31.1 Å². The summed E-state index contributed by atoms with van der Waals surface area (Å²) in [4.78, 5) is 44.0. The highest BCUT2D eigenvalue weighted by atomic mass is 35.5. The van der Waals surface area contributed by atoms with Crippen molar-refractivity contribution in [1.82, 2.24) is 15.2 Å². The van der Waals surface area contributed by atoms with Crippen LogP contribution in [0.4, 0.5) is 0 Å². The quantitative estimate of drug-likeness (QED) is 0.287. The molecule has 0 aliphatic carbocycles. The third kappa shape index (κ3) is 5.86. The lowest BCUT2D eigenvalue weighted by Gasteiger charge is -2.27. The number of aliphatic carboxylic acids is 1. The molecule has 1 aliphatic heterocycles. The zero-order valence-electron chi connectivity index (χ0n) is 21.3. The lowest BCUT2D eigenvalue weighted by molar-refractivity contribution is -0.139. The second-order valence-corrected chi connectivity index (χ2v) is 10.3. The number of hydrogen-bond acceptors (Lipinski definition) is 4. The highest BCUT2D eigenvalue weighted by Gasteiger charge is 2.24. The van der Waals surface area contributed by atoms with Crippen LogP contribution in [-0.4, -0.2) is 51.9 Å². The number of carbonyl (C=O) groups excluding carboxylic acids is 2. The largest absolute Gasteiger partial charge is 0.480 e. The average molecular weight is 574 g/mol. The van der Waals surface area contributed by atoms with Crippen LogP contribution in [0.15, 0.2) is 85.1 Å². The van der Waals surface area contributed by atoms with Crippen LogP contribution in [0.1, 0.15) is 38.3 Å². The number of hydrogen-bond donors (Lipinski definition) is 2. The van der Waals surface area contributed by atoms with E-state index in [1.807, 2.05) is 59.5 Å². The van der Waals surface area contributed by atoms with E-state index in [9.17, 15) is 19.5 Å². The number of carbonyl (C=O) groups is 3. The number of nitrogens with zero attached hydrogens (tertiary/aromatic N) is 2. The van der Waals surface area contributed by atoms with Crippen molar-refractivity contribution < 1.29 is 19.5 Å². The molecule has 5 rings (SSSR count). The van der Waals surface area contributed by atoms with Gasteiger partial charge < -0.3 is 15.3 Å². The van der Waals surface area contributed by atoms with Crippen LogP contribution in [0.3, 0.4) is 0 Å². The molecular formula is C31H25Cl2N3O4. The zero-order chi connectivity index (χ0) is 28.2. The number of para-hydroxylation sites is 1. The van der Waals surface area contributed by atoms with Gasteiger partial charge in [-0.1, -0.05) is 77.8 Å². The molecule has 1 aliphatic rings. The fourth-order valence-electron chi connectivity index (χ4n) is 4.80. The Labute approximate surface area is 241 Å². The summed E-state index contributed by atoms with van der Waals surface area (Å²) >= 11 is 12.2. The van der Waals surface area contributed by atoms with Gasteiger partial charge in [0.15, 0.2) is 0 Å². The number of fused-ring (bicyclic) bond motifs is 1. The van der Waals surface area contributed by atoms with E-state index in [-0.39, 0.29) is 27.9 Å². The van der Waals surface area contributed by atoms with E-state index >= 15 is 0 Å². The SMILES string of the molecule is O=C(N[C@@H](Cc1ccc(C2=CCN(C(=O)c3ccnc4ccccc34)CC2)cc1)C(=O)O)c1c(Cl)cccc1Cl. The van der Waals surface area contributed by atoms with Crippen molar-refractivity contribution >= 4 is 57.5 Å². The van der Waals surface area contributed by atoms with E-state index in [0.717, 1.165) is 27.6 Å². The van der Waals surface area contributed by atoms with Crippen LogP contribution in [0.2, 0.25) is 10.0 Å². The van der Waals surface area contributed by atoms with Gasteiger partial charge in [-0.05, 0) is 47.4 Å². The fourth-order valence-corrected chi connectivity index (χ4v) is 5.37. The summed E-state index contributed by atoms with van der Waals surface area (Å²) in [7, 11) is 0. The predicted molar refractivity (Wildman–Crippen MR) is 156 cm³/mol. The molecule has 0 bridgehead atoms. The maximum Gasteiger partial charge on any atom is 0.326 e. The molecule has 1 aromatic heterocycles. The second-order valence-electron chi connectivity index (χ2n) is 9.47. The van der Waals surface area contributed by atoms with E-state index in [4.69, 9.17) is 23.2 Å². The highest BCUT2D eigenvalue weighted by molar-refractivity contribution is 6.39. The van der Waals surface area contributed by atoms with Crippen molar-refractivity contribution in [1.29, 1.82) is 0 Å². The minimum Gasteiger partial charge on any atom is -0.480 e. The monoisotopic (exact) mass is 573 g/mol. The fraction of sp³-hybridized carbons (Fsp3) is 0.161. The van der Waals surface area contributed by atoms with Crippen LogP contribution in [0.25, 0.3) is 16.5 Å². The van der Waals surface area contributed by atoms with E-state index in [1.165, 1.54) is 12.1 Å². The Bertz CT molecular complexity index is 1610. The summed E-state index contributed by atoms with van der Waals surface area (Å²) in [6.07, 6.45) is 4.49. The van der Waals surface area contributed by atoms with Crippen LogP contribution in [0.5, 0.6) is 0 Å². The van der Waals surface area contributed by atoms with Crippen molar-refractivity contribution in [3.63, 3.8) is 0 Å². The standard InChI is InChI=1S/C31H25Cl2N3O4/c32-24-5-3-6-25(33)28(24)29(37)35-27(31(39)40)18-19-8-10-20(11-9-19)21-13-16-36(17-14-21)30(38)23-12-15-34-26-7-2-1-4-22(23)26/h1-13,15,27H,14,16-18H2,(H,35,37)(H,39,40)/t27-/m0/s1. The minimum atomic E-state index is -1.16. The normalized spacial score (nSPS) is 13.9. The van der Waals surface area contributed by atoms with Gasteiger partial charge in [-0.3, -0.25) is 14.6 Å². The summed E-state index contributed by atoms with van der Waals surface area (Å²) in [5, 5.41) is 13.4. The topological polar surface area (TPSA) is 99.6 Å². The van der Waals surface area contributed by atoms with Gasteiger partial charge >= 0.3 is 5.97 Å². The highest BCUT2D eigenvalue weighted by Crippen LogP contribution is 2.26. The first kappa shape index (κ1) is 27.4. The van der Waals surface area contributed by atoms with Crippen LogP contribution in [-0.2, 0) is 11.2 Å². The van der Waals surface area contributed by atoms with Crippen molar-refractivity contribution in [2.45, 2.75) is 18.9 Å². The number of nitrogens with one attached hydrogen (secondary N) is 1. The third-order valence-electron chi connectivity index (χ3n) is 6.93. The number of amides is 2. The number of benzene rings is 3. The van der Waals surface area contributed by atoms with Crippen LogP contribution >= 0.6 is 23.2 Å². The molecule has 0 spiro atoms. The lowest BCUT2D eigenvalue weighted by atomic mass is 9.96. The number of carboxylic acid groups (broad SMARTS) is 1. The first-order chi connectivity index (χ1) is 19.3. The molecule has 0 unspecified atom stereocenters.